The van der Waals surface area contributed by atoms with Crippen LogP contribution in [0.2, 0.25) is 0 Å². The summed E-state index contributed by atoms with van der Waals surface area (Å²) in [7, 11) is 1.41. The monoisotopic (exact) mass is 242 g/mol. The molecule has 0 amide bonds. The molecule has 0 saturated heterocycles. The summed E-state index contributed by atoms with van der Waals surface area (Å²) in [6.07, 6.45) is 1.26. The van der Waals surface area contributed by atoms with Gasteiger partial charge in [0.2, 0.25) is 0 Å². The summed E-state index contributed by atoms with van der Waals surface area (Å²) in [6.45, 7) is 4.87. The Balaban J connectivity index is 2.20. The number of aryl methyl sites for hydroxylation is 1. The van der Waals surface area contributed by atoms with E-state index in [1.165, 1.54) is 7.11 Å². The standard InChI is InChI=1S/C11H18N2O2S/c1-8(10-7-16-9(2)13-10)12-6-4-5-11(14)15-3/h7-8,12H,4-6H2,1-3H3. The van der Waals surface area contributed by atoms with Gasteiger partial charge in [0, 0.05) is 17.8 Å². The summed E-state index contributed by atoms with van der Waals surface area (Å²) in [5.74, 6) is -0.154. The van der Waals surface area contributed by atoms with E-state index in [1.54, 1.807) is 11.3 Å². The maximum atomic E-state index is 10.9. The van der Waals surface area contributed by atoms with Gasteiger partial charge in [0.1, 0.15) is 0 Å². The predicted octanol–water partition coefficient (Wildman–Crippen LogP) is 2.06. The predicted molar refractivity (Wildman–Crippen MR) is 64.5 cm³/mol. The Bertz CT molecular complexity index is 338. The number of thiazole rings is 1. The van der Waals surface area contributed by atoms with Crippen LogP contribution in [0.4, 0.5) is 0 Å². The normalized spacial score (nSPS) is 12.4. The molecule has 0 radical (unpaired) electrons. The van der Waals surface area contributed by atoms with Crippen molar-refractivity contribution in [3.8, 4) is 0 Å². The van der Waals surface area contributed by atoms with Gasteiger partial charge in [0.15, 0.2) is 0 Å². The molecule has 1 N–H and O–H groups in total. The molecule has 0 spiro atoms. The van der Waals surface area contributed by atoms with Gasteiger partial charge in [-0.05, 0) is 26.8 Å². The molecule has 1 aromatic heterocycles. The molecule has 4 nitrogen and oxygen atoms in total. The molecule has 1 aromatic rings. The number of nitrogens with one attached hydrogen (secondary N) is 1. The van der Waals surface area contributed by atoms with Crippen LogP contribution in [0.3, 0.4) is 0 Å². The van der Waals surface area contributed by atoms with Gasteiger partial charge in [-0.15, -0.1) is 11.3 Å². The van der Waals surface area contributed by atoms with Gasteiger partial charge in [-0.25, -0.2) is 4.98 Å². The number of rotatable bonds is 6. The minimum Gasteiger partial charge on any atom is -0.469 e. The van der Waals surface area contributed by atoms with E-state index in [-0.39, 0.29) is 12.0 Å². The van der Waals surface area contributed by atoms with Crippen LogP contribution in [-0.4, -0.2) is 24.6 Å². The van der Waals surface area contributed by atoms with Crippen LogP contribution < -0.4 is 5.32 Å². The highest BCUT2D eigenvalue weighted by Gasteiger charge is 2.08. The highest BCUT2D eigenvalue weighted by molar-refractivity contribution is 7.09. The van der Waals surface area contributed by atoms with E-state index < -0.39 is 0 Å². The summed E-state index contributed by atoms with van der Waals surface area (Å²) in [5.41, 5.74) is 1.07. The van der Waals surface area contributed by atoms with Gasteiger partial charge in [-0.1, -0.05) is 0 Å². The Morgan fingerprint density at radius 1 is 1.69 bits per heavy atom. The van der Waals surface area contributed by atoms with E-state index in [4.69, 9.17) is 0 Å². The second kappa shape index (κ2) is 6.60. The average Bonchev–Trinajstić information content (AvgIpc) is 2.70. The number of methoxy groups -OCH3 is 1. The lowest BCUT2D eigenvalue weighted by Crippen LogP contribution is -2.21. The fraction of sp³-hybridized carbons (Fsp3) is 0.636. The third-order valence-electron chi connectivity index (χ3n) is 2.32. The van der Waals surface area contributed by atoms with Gasteiger partial charge in [0.05, 0.1) is 17.8 Å². The Hall–Kier alpha value is -0.940. The lowest BCUT2D eigenvalue weighted by Gasteiger charge is -2.10. The first-order chi connectivity index (χ1) is 7.63. The lowest BCUT2D eigenvalue weighted by atomic mass is 10.2. The van der Waals surface area contributed by atoms with Gasteiger partial charge in [-0.2, -0.15) is 0 Å². The Morgan fingerprint density at radius 3 is 3.00 bits per heavy atom. The molecule has 0 saturated carbocycles. The largest absolute Gasteiger partial charge is 0.469 e. The molecule has 0 aliphatic rings. The van der Waals surface area contributed by atoms with E-state index in [2.05, 4.69) is 27.3 Å². The molecular formula is C11H18N2O2S. The van der Waals surface area contributed by atoms with Crippen molar-refractivity contribution < 1.29 is 9.53 Å². The zero-order chi connectivity index (χ0) is 12.0. The van der Waals surface area contributed by atoms with Crippen molar-refractivity contribution >= 4 is 17.3 Å². The first-order valence-electron chi connectivity index (χ1n) is 5.35. The minimum atomic E-state index is -0.154. The van der Waals surface area contributed by atoms with Crippen molar-refractivity contribution in [2.75, 3.05) is 13.7 Å². The molecule has 16 heavy (non-hydrogen) atoms. The van der Waals surface area contributed by atoms with Gasteiger partial charge in [0.25, 0.3) is 0 Å². The second-order valence-electron chi connectivity index (χ2n) is 3.65. The molecule has 1 unspecified atom stereocenters. The molecule has 0 bridgehead atoms. The zero-order valence-corrected chi connectivity index (χ0v) is 10.8. The molecule has 90 valence electrons. The van der Waals surface area contributed by atoms with Gasteiger partial charge in [-0.3, -0.25) is 4.79 Å². The van der Waals surface area contributed by atoms with Crippen molar-refractivity contribution in [3.63, 3.8) is 0 Å². The Labute approximate surface area is 100 Å². The zero-order valence-electron chi connectivity index (χ0n) is 9.95. The molecule has 1 heterocycles. The number of ether oxygens (including phenoxy) is 1. The number of hydrogen-bond acceptors (Lipinski definition) is 5. The van der Waals surface area contributed by atoms with E-state index in [1.807, 2.05) is 6.92 Å². The van der Waals surface area contributed by atoms with E-state index in [0.29, 0.717) is 6.42 Å². The van der Waals surface area contributed by atoms with Gasteiger partial charge >= 0.3 is 5.97 Å². The van der Waals surface area contributed by atoms with Crippen LogP contribution in [0.5, 0.6) is 0 Å². The van der Waals surface area contributed by atoms with Gasteiger partial charge < -0.3 is 10.1 Å². The summed E-state index contributed by atoms with van der Waals surface area (Å²) >= 11 is 1.66. The molecule has 0 aromatic carbocycles. The van der Waals surface area contributed by atoms with Crippen LogP contribution >= 0.6 is 11.3 Å². The topological polar surface area (TPSA) is 51.2 Å². The van der Waals surface area contributed by atoms with E-state index >= 15 is 0 Å². The number of carbonyl (C=O) groups excluding carboxylic acids is 1. The highest BCUT2D eigenvalue weighted by Crippen LogP contribution is 2.15. The summed E-state index contributed by atoms with van der Waals surface area (Å²) < 4.78 is 4.57. The molecule has 5 heteroatoms. The summed E-state index contributed by atoms with van der Waals surface area (Å²) in [6, 6.07) is 0.239. The van der Waals surface area contributed by atoms with Crippen molar-refractivity contribution in [1.82, 2.24) is 10.3 Å². The number of hydrogen-bond donors (Lipinski definition) is 1. The maximum Gasteiger partial charge on any atom is 0.305 e. The fourth-order valence-corrected chi connectivity index (χ4v) is 2.04. The third kappa shape index (κ3) is 4.28. The van der Waals surface area contributed by atoms with Crippen LogP contribution in [0.1, 0.15) is 36.5 Å². The smallest absolute Gasteiger partial charge is 0.305 e. The van der Waals surface area contributed by atoms with Crippen LogP contribution in [-0.2, 0) is 9.53 Å². The van der Waals surface area contributed by atoms with E-state index in [0.717, 1.165) is 23.7 Å². The lowest BCUT2D eigenvalue weighted by molar-refractivity contribution is -0.140. The van der Waals surface area contributed by atoms with E-state index in [9.17, 15) is 4.79 Å². The molecule has 1 rings (SSSR count). The quantitative estimate of drug-likeness (QED) is 0.613. The first-order valence-corrected chi connectivity index (χ1v) is 6.23. The maximum absolute atomic E-state index is 10.9. The summed E-state index contributed by atoms with van der Waals surface area (Å²) in [4.78, 5) is 15.3. The van der Waals surface area contributed by atoms with Crippen molar-refractivity contribution in [2.24, 2.45) is 0 Å². The van der Waals surface area contributed by atoms with Crippen molar-refractivity contribution in [2.45, 2.75) is 32.7 Å². The first kappa shape index (κ1) is 13.1. The number of aromatic nitrogens is 1. The SMILES string of the molecule is COC(=O)CCCNC(C)c1csc(C)n1. The molecule has 0 fully saturated rings. The van der Waals surface area contributed by atoms with Crippen LogP contribution in [0, 0.1) is 6.92 Å². The second-order valence-corrected chi connectivity index (χ2v) is 4.71. The average molecular weight is 242 g/mol. The Morgan fingerprint density at radius 2 is 2.44 bits per heavy atom. The number of carbonyl (C=O) groups is 1. The van der Waals surface area contributed by atoms with Crippen LogP contribution in [0.25, 0.3) is 0 Å². The molecular weight excluding hydrogens is 224 g/mol. The van der Waals surface area contributed by atoms with Crippen LogP contribution in [0.15, 0.2) is 5.38 Å². The number of esters is 1. The Kier molecular flexibility index (Phi) is 5.42. The molecule has 1 atom stereocenters. The fourth-order valence-electron chi connectivity index (χ4n) is 1.34. The summed E-state index contributed by atoms with van der Waals surface area (Å²) in [5, 5.41) is 6.47. The van der Waals surface area contributed by atoms with Crippen molar-refractivity contribution in [1.29, 1.82) is 0 Å². The number of nitrogens with zero attached hydrogens (tertiary/aromatic N) is 1. The minimum absolute atomic E-state index is 0.154. The highest BCUT2D eigenvalue weighted by atomic mass is 32.1. The molecule has 0 aliphatic heterocycles. The van der Waals surface area contributed by atoms with Crippen molar-refractivity contribution in [3.05, 3.63) is 16.1 Å². The molecule has 0 aliphatic carbocycles. The third-order valence-corrected chi connectivity index (χ3v) is 3.11.